The lowest BCUT2D eigenvalue weighted by Crippen LogP contribution is -2.41. The molecule has 1 rings (SSSR count). The molecule has 0 radical (unpaired) electrons. The van der Waals surface area contributed by atoms with Crippen LogP contribution in [0, 0.1) is 5.92 Å². The molecule has 0 aliphatic carbocycles. The smallest absolute Gasteiger partial charge is 0.410 e. The van der Waals surface area contributed by atoms with Gasteiger partial charge in [-0.25, -0.2) is 4.79 Å². The third kappa shape index (κ3) is 2.94. The number of ether oxygens (including phenoxy) is 1. The highest BCUT2D eigenvalue weighted by Crippen LogP contribution is 2.24. The average molecular weight is 213 g/mol. The molecule has 4 heteroatoms. The zero-order valence-corrected chi connectivity index (χ0v) is 9.82. The van der Waals surface area contributed by atoms with E-state index in [0.717, 1.165) is 12.7 Å². The van der Waals surface area contributed by atoms with Gasteiger partial charge in [0.1, 0.15) is 11.9 Å². The molecule has 0 aromatic rings. The molecule has 0 unspecified atom stereocenters. The number of aldehydes is 1. The second-order valence-corrected chi connectivity index (χ2v) is 5.07. The summed E-state index contributed by atoms with van der Waals surface area (Å²) < 4.78 is 5.23. The van der Waals surface area contributed by atoms with Crippen molar-refractivity contribution in [3.63, 3.8) is 0 Å². The molecule has 1 aliphatic rings. The lowest BCUT2D eigenvalue weighted by Gasteiger charge is -2.27. The first-order chi connectivity index (χ1) is 6.85. The van der Waals surface area contributed by atoms with Crippen molar-refractivity contribution < 1.29 is 14.3 Å². The van der Waals surface area contributed by atoms with Crippen molar-refractivity contribution in [3.05, 3.63) is 0 Å². The Balaban J connectivity index is 2.64. The third-order valence-electron chi connectivity index (χ3n) is 2.54. The van der Waals surface area contributed by atoms with Crippen molar-refractivity contribution in [1.82, 2.24) is 4.90 Å². The first-order valence-corrected chi connectivity index (χ1v) is 5.30. The highest BCUT2D eigenvalue weighted by atomic mass is 16.6. The van der Waals surface area contributed by atoms with Crippen LogP contribution in [-0.4, -0.2) is 35.5 Å². The van der Waals surface area contributed by atoms with Crippen LogP contribution in [0.2, 0.25) is 0 Å². The molecule has 1 saturated heterocycles. The van der Waals surface area contributed by atoms with Gasteiger partial charge in [0.15, 0.2) is 0 Å². The predicted molar refractivity (Wildman–Crippen MR) is 56.6 cm³/mol. The fourth-order valence-electron chi connectivity index (χ4n) is 1.71. The molecule has 1 fully saturated rings. The van der Waals surface area contributed by atoms with E-state index in [1.54, 1.807) is 0 Å². The average Bonchev–Trinajstić information content (AvgIpc) is 2.43. The van der Waals surface area contributed by atoms with E-state index in [-0.39, 0.29) is 18.1 Å². The van der Waals surface area contributed by atoms with Crippen LogP contribution in [0.5, 0.6) is 0 Å². The Morgan fingerprint density at radius 2 is 2.07 bits per heavy atom. The predicted octanol–water partition coefficient (Wildman–Crippen LogP) is 1.83. The van der Waals surface area contributed by atoms with Crippen molar-refractivity contribution in [2.45, 2.75) is 45.8 Å². The lowest BCUT2D eigenvalue weighted by atomic mass is 10.1. The first-order valence-electron chi connectivity index (χ1n) is 5.30. The number of carbonyl (C=O) groups excluding carboxylic acids is 2. The molecule has 0 bridgehead atoms. The van der Waals surface area contributed by atoms with Crippen LogP contribution in [-0.2, 0) is 9.53 Å². The van der Waals surface area contributed by atoms with E-state index in [1.165, 1.54) is 4.90 Å². The highest BCUT2D eigenvalue weighted by molar-refractivity contribution is 5.74. The Morgan fingerprint density at radius 3 is 2.53 bits per heavy atom. The number of carbonyl (C=O) groups is 2. The van der Waals surface area contributed by atoms with Crippen LogP contribution in [0.4, 0.5) is 4.79 Å². The quantitative estimate of drug-likeness (QED) is 0.624. The van der Waals surface area contributed by atoms with Crippen LogP contribution in [0.15, 0.2) is 0 Å². The molecular formula is C11H19NO3. The third-order valence-corrected chi connectivity index (χ3v) is 2.54. The highest BCUT2D eigenvalue weighted by Gasteiger charge is 2.36. The summed E-state index contributed by atoms with van der Waals surface area (Å²) >= 11 is 0. The minimum Gasteiger partial charge on any atom is -0.444 e. The number of hydrogen-bond acceptors (Lipinski definition) is 3. The van der Waals surface area contributed by atoms with Gasteiger partial charge in [0, 0.05) is 6.54 Å². The molecule has 0 spiro atoms. The van der Waals surface area contributed by atoms with Gasteiger partial charge in [-0.3, -0.25) is 4.90 Å². The molecule has 1 heterocycles. The molecule has 86 valence electrons. The van der Waals surface area contributed by atoms with E-state index in [2.05, 4.69) is 0 Å². The molecule has 0 N–H and O–H groups in total. The SMILES string of the molecule is C[C@@H]1CCN(C(=O)OC(C)(C)C)[C@@H]1C=O. The molecular weight excluding hydrogens is 194 g/mol. The van der Waals surface area contributed by atoms with E-state index >= 15 is 0 Å². The Labute approximate surface area is 90.6 Å². The zero-order valence-electron chi connectivity index (χ0n) is 9.82. The van der Waals surface area contributed by atoms with Crippen molar-refractivity contribution >= 4 is 12.4 Å². The summed E-state index contributed by atoms with van der Waals surface area (Å²) in [6.07, 6.45) is 1.31. The fourth-order valence-corrected chi connectivity index (χ4v) is 1.71. The van der Waals surface area contributed by atoms with Gasteiger partial charge < -0.3 is 9.53 Å². The normalized spacial score (nSPS) is 26.5. The minimum absolute atomic E-state index is 0.231. The maximum absolute atomic E-state index is 11.7. The molecule has 4 nitrogen and oxygen atoms in total. The summed E-state index contributed by atoms with van der Waals surface area (Å²) in [5.41, 5.74) is -0.504. The fraction of sp³-hybridized carbons (Fsp3) is 0.818. The van der Waals surface area contributed by atoms with E-state index < -0.39 is 5.60 Å². The zero-order chi connectivity index (χ0) is 11.6. The maximum Gasteiger partial charge on any atom is 0.410 e. The van der Waals surface area contributed by atoms with Crippen LogP contribution < -0.4 is 0 Å². The topological polar surface area (TPSA) is 46.6 Å². The largest absolute Gasteiger partial charge is 0.444 e. The lowest BCUT2D eigenvalue weighted by molar-refractivity contribution is -0.112. The van der Waals surface area contributed by atoms with Crippen molar-refractivity contribution in [2.75, 3.05) is 6.54 Å². The number of amides is 1. The van der Waals surface area contributed by atoms with Gasteiger partial charge in [0.2, 0.25) is 0 Å². The van der Waals surface area contributed by atoms with Crippen molar-refractivity contribution in [2.24, 2.45) is 5.92 Å². The Hall–Kier alpha value is -1.06. The van der Waals surface area contributed by atoms with Gasteiger partial charge in [-0.05, 0) is 33.1 Å². The van der Waals surface area contributed by atoms with Gasteiger partial charge in [-0.15, -0.1) is 0 Å². The summed E-state index contributed by atoms with van der Waals surface area (Å²) in [6.45, 7) is 8.05. The molecule has 0 saturated carbocycles. The molecule has 1 amide bonds. The van der Waals surface area contributed by atoms with Gasteiger partial charge in [0.25, 0.3) is 0 Å². The Morgan fingerprint density at radius 1 is 1.47 bits per heavy atom. The molecule has 2 atom stereocenters. The summed E-state index contributed by atoms with van der Waals surface area (Å²) in [5.74, 6) is 0.231. The van der Waals surface area contributed by atoms with E-state index in [4.69, 9.17) is 4.74 Å². The van der Waals surface area contributed by atoms with Gasteiger partial charge in [-0.2, -0.15) is 0 Å². The number of rotatable bonds is 1. The summed E-state index contributed by atoms with van der Waals surface area (Å²) in [5, 5.41) is 0. The molecule has 15 heavy (non-hydrogen) atoms. The van der Waals surface area contributed by atoms with Crippen molar-refractivity contribution in [3.8, 4) is 0 Å². The van der Waals surface area contributed by atoms with E-state index in [1.807, 2.05) is 27.7 Å². The monoisotopic (exact) mass is 213 g/mol. The van der Waals surface area contributed by atoms with Crippen molar-refractivity contribution in [1.29, 1.82) is 0 Å². The van der Waals surface area contributed by atoms with E-state index in [9.17, 15) is 9.59 Å². The summed E-state index contributed by atoms with van der Waals surface area (Å²) in [7, 11) is 0. The Kier molecular flexibility index (Phi) is 3.37. The summed E-state index contributed by atoms with van der Waals surface area (Å²) in [4.78, 5) is 24.1. The van der Waals surface area contributed by atoms with Gasteiger partial charge in [0.05, 0.1) is 6.04 Å². The number of hydrogen-bond donors (Lipinski definition) is 0. The van der Waals surface area contributed by atoms with Crippen LogP contribution in [0.1, 0.15) is 34.1 Å². The molecule has 0 aromatic carbocycles. The first kappa shape index (κ1) is 12.0. The van der Waals surface area contributed by atoms with Crippen LogP contribution in [0.3, 0.4) is 0 Å². The van der Waals surface area contributed by atoms with Crippen LogP contribution in [0.25, 0.3) is 0 Å². The van der Waals surface area contributed by atoms with Gasteiger partial charge in [-0.1, -0.05) is 6.92 Å². The van der Waals surface area contributed by atoms with E-state index in [0.29, 0.717) is 6.54 Å². The second-order valence-electron chi connectivity index (χ2n) is 5.07. The minimum atomic E-state index is -0.504. The number of nitrogens with zero attached hydrogens (tertiary/aromatic N) is 1. The maximum atomic E-state index is 11.7. The number of likely N-dealkylation sites (tertiary alicyclic amines) is 1. The Bertz CT molecular complexity index is 257. The standard InChI is InChI=1S/C11H19NO3/c1-8-5-6-12(9(8)7-13)10(14)15-11(2,3)4/h7-9H,5-6H2,1-4H3/t8-,9-/m1/s1. The molecule has 1 aliphatic heterocycles. The second kappa shape index (κ2) is 4.21. The van der Waals surface area contributed by atoms with Gasteiger partial charge >= 0.3 is 6.09 Å². The molecule has 0 aromatic heterocycles. The van der Waals surface area contributed by atoms with Crippen LogP contribution >= 0.6 is 0 Å². The summed E-state index contributed by atoms with van der Waals surface area (Å²) in [6, 6.07) is -0.320.